The van der Waals surface area contributed by atoms with Gasteiger partial charge in [0, 0.05) is 16.8 Å². The summed E-state index contributed by atoms with van der Waals surface area (Å²) in [5.74, 6) is -0.773. The first kappa shape index (κ1) is 14.1. The summed E-state index contributed by atoms with van der Waals surface area (Å²) in [6.07, 6.45) is 0. The van der Waals surface area contributed by atoms with Gasteiger partial charge in [0.15, 0.2) is 0 Å². The van der Waals surface area contributed by atoms with Crippen molar-refractivity contribution in [2.75, 3.05) is 18.2 Å². The number of benzene rings is 2. The van der Waals surface area contributed by atoms with E-state index in [9.17, 15) is 9.18 Å². The van der Waals surface area contributed by atoms with E-state index in [4.69, 9.17) is 22.1 Å². The Morgan fingerprint density at radius 1 is 1.30 bits per heavy atom. The summed E-state index contributed by atoms with van der Waals surface area (Å²) in [7, 11) is 1.42. The van der Waals surface area contributed by atoms with Gasteiger partial charge < -0.3 is 15.8 Å². The number of nitrogens with two attached hydrogens (primary N) is 1. The lowest BCUT2D eigenvalue weighted by Gasteiger charge is -2.10. The second kappa shape index (κ2) is 5.79. The fourth-order valence-corrected chi connectivity index (χ4v) is 1.85. The second-order valence-corrected chi connectivity index (χ2v) is 4.47. The third kappa shape index (κ3) is 3.00. The molecular formula is C14H12ClFN2O2. The predicted molar refractivity (Wildman–Crippen MR) is 76.8 cm³/mol. The van der Waals surface area contributed by atoms with Gasteiger partial charge in [-0.05, 0) is 30.3 Å². The van der Waals surface area contributed by atoms with Gasteiger partial charge in [0.25, 0.3) is 5.91 Å². The Kier molecular flexibility index (Phi) is 4.10. The Bertz CT molecular complexity index is 662. The van der Waals surface area contributed by atoms with Gasteiger partial charge in [-0.2, -0.15) is 0 Å². The maximum atomic E-state index is 13.6. The third-order valence-corrected chi connectivity index (χ3v) is 2.88. The van der Waals surface area contributed by atoms with E-state index in [1.165, 1.54) is 37.4 Å². The van der Waals surface area contributed by atoms with Gasteiger partial charge >= 0.3 is 0 Å². The van der Waals surface area contributed by atoms with Crippen molar-refractivity contribution < 1.29 is 13.9 Å². The highest BCUT2D eigenvalue weighted by atomic mass is 35.5. The van der Waals surface area contributed by atoms with Crippen LogP contribution in [0.3, 0.4) is 0 Å². The highest BCUT2D eigenvalue weighted by molar-refractivity contribution is 6.31. The van der Waals surface area contributed by atoms with Crippen molar-refractivity contribution in [2.24, 2.45) is 0 Å². The largest absolute Gasteiger partial charge is 0.496 e. The maximum absolute atomic E-state index is 13.6. The fourth-order valence-electron chi connectivity index (χ4n) is 1.68. The molecule has 1 amide bonds. The second-order valence-electron chi connectivity index (χ2n) is 4.04. The summed E-state index contributed by atoms with van der Waals surface area (Å²) in [5.41, 5.74) is 6.33. The van der Waals surface area contributed by atoms with E-state index in [1.807, 2.05) is 0 Å². The van der Waals surface area contributed by atoms with Crippen LogP contribution in [0.1, 0.15) is 10.4 Å². The molecule has 0 fully saturated rings. The lowest BCUT2D eigenvalue weighted by Crippen LogP contribution is -2.14. The Labute approximate surface area is 120 Å². The Hall–Kier alpha value is -2.27. The van der Waals surface area contributed by atoms with E-state index >= 15 is 0 Å². The number of amides is 1. The number of ether oxygens (including phenoxy) is 1. The normalized spacial score (nSPS) is 10.2. The average molecular weight is 295 g/mol. The molecule has 20 heavy (non-hydrogen) atoms. The smallest absolute Gasteiger partial charge is 0.259 e. The number of carbonyl (C=O) groups is 1. The number of hydrogen-bond donors (Lipinski definition) is 2. The number of carbonyl (C=O) groups excluding carboxylic acids is 1. The molecule has 0 radical (unpaired) electrons. The van der Waals surface area contributed by atoms with Crippen molar-refractivity contribution in [3.8, 4) is 5.75 Å². The molecule has 0 aromatic heterocycles. The van der Waals surface area contributed by atoms with Gasteiger partial charge in [0.1, 0.15) is 11.6 Å². The number of hydrogen-bond acceptors (Lipinski definition) is 3. The van der Waals surface area contributed by atoms with Gasteiger partial charge in [0.2, 0.25) is 0 Å². The molecule has 0 saturated carbocycles. The van der Waals surface area contributed by atoms with E-state index in [0.717, 1.165) is 0 Å². The number of halogens is 2. The zero-order valence-corrected chi connectivity index (χ0v) is 11.4. The van der Waals surface area contributed by atoms with Crippen LogP contribution in [0.4, 0.5) is 15.8 Å². The minimum Gasteiger partial charge on any atom is -0.496 e. The standard InChI is InChI=1S/C14H12ClFN2O2/c1-20-13-7-9(17)3-4-10(13)14(19)18-12-6-8(15)2-5-11(12)16/h2-7H,17H2,1H3,(H,18,19). The maximum Gasteiger partial charge on any atom is 0.259 e. The molecule has 0 aliphatic rings. The van der Waals surface area contributed by atoms with Gasteiger partial charge in [-0.25, -0.2) is 4.39 Å². The molecule has 104 valence electrons. The molecule has 0 aliphatic heterocycles. The first-order valence-corrected chi connectivity index (χ1v) is 6.09. The van der Waals surface area contributed by atoms with Gasteiger partial charge in [-0.3, -0.25) is 4.79 Å². The number of nitrogen functional groups attached to an aromatic ring is 1. The molecule has 6 heteroatoms. The lowest BCUT2D eigenvalue weighted by molar-refractivity contribution is 0.102. The van der Waals surface area contributed by atoms with Crippen LogP contribution in [0.25, 0.3) is 0 Å². The molecule has 0 spiro atoms. The number of anilines is 2. The third-order valence-electron chi connectivity index (χ3n) is 2.65. The van der Waals surface area contributed by atoms with Crippen molar-refractivity contribution in [1.29, 1.82) is 0 Å². The van der Waals surface area contributed by atoms with E-state index in [-0.39, 0.29) is 11.3 Å². The van der Waals surface area contributed by atoms with Crippen molar-refractivity contribution in [3.05, 3.63) is 52.8 Å². The number of methoxy groups -OCH3 is 1. The molecule has 0 unspecified atom stereocenters. The molecule has 2 aromatic carbocycles. The van der Waals surface area contributed by atoms with Gasteiger partial charge in [0.05, 0.1) is 18.4 Å². The van der Waals surface area contributed by atoms with Crippen LogP contribution in [0.2, 0.25) is 5.02 Å². The Balaban J connectivity index is 2.30. The zero-order valence-electron chi connectivity index (χ0n) is 10.6. The number of rotatable bonds is 3. The SMILES string of the molecule is COc1cc(N)ccc1C(=O)Nc1cc(Cl)ccc1F. The van der Waals surface area contributed by atoms with E-state index < -0.39 is 11.7 Å². The van der Waals surface area contributed by atoms with Crippen LogP contribution in [0.15, 0.2) is 36.4 Å². The van der Waals surface area contributed by atoms with Crippen molar-refractivity contribution in [3.63, 3.8) is 0 Å². The minimum atomic E-state index is -0.572. The highest BCUT2D eigenvalue weighted by Gasteiger charge is 2.14. The zero-order chi connectivity index (χ0) is 14.7. The lowest BCUT2D eigenvalue weighted by atomic mass is 10.1. The van der Waals surface area contributed by atoms with Crippen molar-refractivity contribution >= 4 is 28.9 Å². The summed E-state index contributed by atoms with van der Waals surface area (Å²) in [6, 6.07) is 8.49. The van der Waals surface area contributed by atoms with Crippen molar-refractivity contribution in [1.82, 2.24) is 0 Å². The average Bonchev–Trinajstić information content (AvgIpc) is 2.42. The molecule has 2 rings (SSSR count). The fraction of sp³-hybridized carbons (Fsp3) is 0.0714. The topological polar surface area (TPSA) is 64.3 Å². The molecule has 2 aromatic rings. The molecule has 0 aliphatic carbocycles. The van der Waals surface area contributed by atoms with Crippen LogP contribution in [-0.4, -0.2) is 13.0 Å². The molecule has 0 atom stereocenters. The van der Waals surface area contributed by atoms with Crippen LogP contribution >= 0.6 is 11.6 Å². The highest BCUT2D eigenvalue weighted by Crippen LogP contribution is 2.24. The van der Waals surface area contributed by atoms with Crippen molar-refractivity contribution in [2.45, 2.75) is 0 Å². The van der Waals surface area contributed by atoms with E-state index in [2.05, 4.69) is 5.32 Å². The summed E-state index contributed by atoms with van der Waals surface area (Å²) in [6.45, 7) is 0. The molecule has 0 heterocycles. The Morgan fingerprint density at radius 3 is 2.75 bits per heavy atom. The van der Waals surface area contributed by atoms with Gasteiger partial charge in [-0.15, -0.1) is 0 Å². The molecular weight excluding hydrogens is 283 g/mol. The first-order valence-electron chi connectivity index (χ1n) is 5.71. The van der Waals surface area contributed by atoms with E-state index in [1.54, 1.807) is 6.07 Å². The predicted octanol–water partition coefficient (Wildman–Crippen LogP) is 3.32. The summed E-state index contributed by atoms with van der Waals surface area (Å²) in [5, 5.41) is 2.77. The van der Waals surface area contributed by atoms with E-state index in [0.29, 0.717) is 16.5 Å². The molecule has 0 saturated heterocycles. The molecule has 3 N–H and O–H groups in total. The molecule has 0 bridgehead atoms. The number of nitrogens with one attached hydrogen (secondary N) is 1. The van der Waals surface area contributed by atoms with Gasteiger partial charge in [-0.1, -0.05) is 11.6 Å². The van der Waals surface area contributed by atoms with Crippen LogP contribution in [0.5, 0.6) is 5.75 Å². The Morgan fingerprint density at radius 2 is 2.05 bits per heavy atom. The summed E-state index contributed by atoms with van der Waals surface area (Å²) >= 11 is 5.77. The minimum absolute atomic E-state index is 0.00128. The molecule has 4 nitrogen and oxygen atoms in total. The van der Waals surface area contributed by atoms with Crippen LogP contribution in [0, 0.1) is 5.82 Å². The summed E-state index contributed by atoms with van der Waals surface area (Å²) in [4.78, 5) is 12.1. The monoisotopic (exact) mass is 294 g/mol. The van der Waals surface area contributed by atoms with Crippen LogP contribution in [-0.2, 0) is 0 Å². The quantitative estimate of drug-likeness (QED) is 0.854. The van der Waals surface area contributed by atoms with Crippen LogP contribution < -0.4 is 15.8 Å². The first-order chi connectivity index (χ1) is 9.51. The summed E-state index contributed by atoms with van der Waals surface area (Å²) < 4.78 is 18.6.